The van der Waals surface area contributed by atoms with Crippen molar-refractivity contribution in [2.45, 2.75) is 24.4 Å². The predicted octanol–water partition coefficient (Wildman–Crippen LogP) is 4.50. The van der Waals surface area contributed by atoms with Crippen LogP contribution in [0.1, 0.15) is 27.2 Å². The van der Waals surface area contributed by atoms with E-state index in [1.165, 1.54) is 28.6 Å². The Bertz CT molecular complexity index is 937. The minimum absolute atomic E-state index is 0.0587. The molecule has 0 spiro atoms. The van der Waals surface area contributed by atoms with Gasteiger partial charge in [0.1, 0.15) is 10.6 Å². The summed E-state index contributed by atoms with van der Waals surface area (Å²) in [5, 5.41) is 1.60. The molecular weight excluding hydrogens is 406 g/mol. The molecule has 2 aromatic heterocycles. The number of carbonyl (C=O) groups is 1. The van der Waals surface area contributed by atoms with E-state index in [0.717, 1.165) is 27.5 Å². The van der Waals surface area contributed by atoms with Gasteiger partial charge in [-0.25, -0.2) is 9.97 Å². The Hall–Kier alpha value is -1.44. The zero-order valence-corrected chi connectivity index (χ0v) is 15.9. The third-order valence-electron chi connectivity index (χ3n) is 4.07. The molecule has 1 aliphatic carbocycles. The van der Waals surface area contributed by atoms with Crippen molar-refractivity contribution in [2.24, 2.45) is 0 Å². The number of aromatic nitrogens is 2. The van der Waals surface area contributed by atoms with Crippen LogP contribution in [0.2, 0.25) is 0 Å². The number of hydrogen-bond acceptors (Lipinski definition) is 6. The highest BCUT2D eigenvalue weighted by molar-refractivity contribution is 9.10. The average Bonchev–Trinajstić information content (AvgIpc) is 3.13. The first-order chi connectivity index (χ1) is 11.6. The lowest BCUT2D eigenvalue weighted by molar-refractivity contribution is 0.102. The number of nitrogen functional groups attached to an aromatic ring is 1. The van der Waals surface area contributed by atoms with Crippen LogP contribution >= 0.6 is 39.0 Å². The summed E-state index contributed by atoms with van der Waals surface area (Å²) in [5.74, 6) is 0.902. The summed E-state index contributed by atoms with van der Waals surface area (Å²) in [6.07, 6.45) is 3.37. The molecule has 0 amide bonds. The van der Waals surface area contributed by atoms with Gasteiger partial charge in [0.05, 0.1) is 11.1 Å². The SMILES string of the molecule is Nc1nc(SCC(=O)c2ccc(Br)cc2)nc2sc3c(c12)CCC3. The van der Waals surface area contributed by atoms with Gasteiger partial charge in [-0.1, -0.05) is 39.8 Å². The van der Waals surface area contributed by atoms with Gasteiger partial charge in [0.15, 0.2) is 10.9 Å². The van der Waals surface area contributed by atoms with Crippen LogP contribution in [-0.2, 0) is 12.8 Å². The molecule has 122 valence electrons. The monoisotopic (exact) mass is 419 g/mol. The molecule has 2 N–H and O–H groups in total. The Morgan fingerprint density at radius 3 is 2.83 bits per heavy atom. The number of ketones is 1. The molecule has 7 heteroatoms. The van der Waals surface area contributed by atoms with Gasteiger partial charge in [-0.2, -0.15) is 0 Å². The van der Waals surface area contributed by atoms with Gasteiger partial charge in [-0.15, -0.1) is 11.3 Å². The van der Waals surface area contributed by atoms with Crippen LogP contribution in [0, 0.1) is 0 Å². The van der Waals surface area contributed by atoms with E-state index in [1.54, 1.807) is 11.3 Å². The molecule has 0 bridgehead atoms. The maximum Gasteiger partial charge on any atom is 0.191 e. The van der Waals surface area contributed by atoms with Crippen LogP contribution < -0.4 is 5.73 Å². The van der Waals surface area contributed by atoms with Gasteiger partial charge in [0.2, 0.25) is 0 Å². The molecule has 0 unspecified atom stereocenters. The van der Waals surface area contributed by atoms with Gasteiger partial charge in [0, 0.05) is 14.9 Å². The second-order valence-electron chi connectivity index (χ2n) is 5.65. The number of carbonyl (C=O) groups excluding carboxylic acids is 1. The summed E-state index contributed by atoms with van der Waals surface area (Å²) in [4.78, 5) is 23.6. The van der Waals surface area contributed by atoms with E-state index in [0.29, 0.717) is 22.3 Å². The first kappa shape index (κ1) is 16.1. The number of fused-ring (bicyclic) bond motifs is 3. The van der Waals surface area contributed by atoms with Gasteiger partial charge >= 0.3 is 0 Å². The first-order valence-electron chi connectivity index (χ1n) is 7.61. The standard InChI is InChI=1S/C17H14BrN3OS2/c18-10-6-4-9(5-7-10)12(22)8-23-17-20-15(19)14-11-2-1-3-13(11)24-16(14)21-17/h4-7H,1-3,8H2,(H2,19,20,21). The van der Waals surface area contributed by atoms with Crippen molar-refractivity contribution >= 4 is 60.8 Å². The molecule has 0 saturated carbocycles. The number of Topliss-reactive ketones (excluding diaryl/α,β-unsaturated/α-hetero) is 1. The molecule has 0 saturated heterocycles. The lowest BCUT2D eigenvalue weighted by atomic mass is 10.2. The number of hydrogen-bond donors (Lipinski definition) is 1. The van der Waals surface area contributed by atoms with Crippen molar-refractivity contribution in [3.05, 3.63) is 44.7 Å². The molecular formula is C17H14BrN3OS2. The Balaban J connectivity index is 1.54. The average molecular weight is 420 g/mol. The molecule has 0 aliphatic heterocycles. The Labute approximate surface area is 156 Å². The highest BCUT2D eigenvalue weighted by Gasteiger charge is 2.21. The van der Waals surface area contributed by atoms with Crippen LogP contribution in [0.5, 0.6) is 0 Å². The second-order valence-corrected chi connectivity index (χ2v) is 8.59. The molecule has 1 aromatic carbocycles. The lowest BCUT2D eigenvalue weighted by Gasteiger charge is -2.04. The van der Waals surface area contributed by atoms with E-state index in [-0.39, 0.29) is 5.78 Å². The number of rotatable bonds is 4. The largest absolute Gasteiger partial charge is 0.383 e. The molecule has 3 aromatic rings. The van der Waals surface area contributed by atoms with Crippen LogP contribution in [-0.4, -0.2) is 21.5 Å². The highest BCUT2D eigenvalue weighted by Crippen LogP contribution is 2.39. The van der Waals surface area contributed by atoms with E-state index >= 15 is 0 Å². The zero-order valence-electron chi connectivity index (χ0n) is 12.7. The molecule has 0 atom stereocenters. The maximum atomic E-state index is 12.3. The van der Waals surface area contributed by atoms with E-state index < -0.39 is 0 Å². The lowest BCUT2D eigenvalue weighted by Crippen LogP contribution is -2.04. The normalized spacial score (nSPS) is 13.4. The van der Waals surface area contributed by atoms with Crippen molar-refractivity contribution < 1.29 is 4.79 Å². The number of thioether (sulfide) groups is 1. The van der Waals surface area contributed by atoms with E-state index in [4.69, 9.17) is 5.73 Å². The summed E-state index contributed by atoms with van der Waals surface area (Å²) < 4.78 is 0.957. The molecule has 4 nitrogen and oxygen atoms in total. The number of thiophene rings is 1. The number of anilines is 1. The quantitative estimate of drug-likeness (QED) is 0.382. The van der Waals surface area contributed by atoms with Crippen LogP contribution in [0.3, 0.4) is 0 Å². The predicted molar refractivity (Wildman–Crippen MR) is 103 cm³/mol. The summed E-state index contributed by atoms with van der Waals surface area (Å²) in [5.41, 5.74) is 8.18. The Morgan fingerprint density at radius 1 is 1.25 bits per heavy atom. The van der Waals surface area contributed by atoms with Crippen molar-refractivity contribution in [1.29, 1.82) is 0 Å². The molecule has 4 rings (SSSR count). The summed E-state index contributed by atoms with van der Waals surface area (Å²) in [6.45, 7) is 0. The molecule has 0 radical (unpaired) electrons. The third kappa shape index (κ3) is 2.96. The third-order valence-corrected chi connectivity index (χ3v) is 6.63. The van der Waals surface area contributed by atoms with Gasteiger partial charge < -0.3 is 5.73 Å². The van der Waals surface area contributed by atoms with Gasteiger partial charge in [-0.05, 0) is 37.0 Å². The van der Waals surface area contributed by atoms with Crippen LogP contribution in [0.15, 0.2) is 33.9 Å². The number of nitrogens with zero attached hydrogens (tertiary/aromatic N) is 2. The number of benzene rings is 1. The summed E-state index contributed by atoms with van der Waals surface area (Å²) in [6, 6.07) is 7.36. The van der Waals surface area contributed by atoms with Crippen molar-refractivity contribution in [3.63, 3.8) is 0 Å². The van der Waals surface area contributed by atoms with Gasteiger partial charge in [0.25, 0.3) is 0 Å². The first-order valence-corrected chi connectivity index (χ1v) is 10.2. The maximum absolute atomic E-state index is 12.3. The fourth-order valence-corrected chi connectivity index (χ4v) is 5.25. The van der Waals surface area contributed by atoms with Crippen LogP contribution in [0.25, 0.3) is 10.2 Å². The zero-order chi connectivity index (χ0) is 16.7. The Kier molecular flexibility index (Phi) is 4.32. The minimum Gasteiger partial charge on any atom is -0.383 e. The van der Waals surface area contributed by atoms with Crippen molar-refractivity contribution in [1.82, 2.24) is 9.97 Å². The summed E-state index contributed by atoms with van der Waals surface area (Å²) in [7, 11) is 0. The number of aryl methyl sites for hydroxylation is 2. The molecule has 1 aliphatic rings. The number of nitrogens with two attached hydrogens (primary N) is 1. The van der Waals surface area contributed by atoms with Gasteiger partial charge in [-0.3, -0.25) is 4.79 Å². The smallest absolute Gasteiger partial charge is 0.191 e. The van der Waals surface area contributed by atoms with E-state index in [9.17, 15) is 4.79 Å². The molecule has 0 fully saturated rings. The molecule has 2 heterocycles. The Morgan fingerprint density at radius 2 is 2.04 bits per heavy atom. The van der Waals surface area contributed by atoms with E-state index in [2.05, 4.69) is 25.9 Å². The second kappa shape index (κ2) is 6.46. The topological polar surface area (TPSA) is 68.9 Å². The van der Waals surface area contributed by atoms with Crippen molar-refractivity contribution in [3.8, 4) is 0 Å². The fourth-order valence-electron chi connectivity index (χ4n) is 2.92. The molecule has 24 heavy (non-hydrogen) atoms. The van der Waals surface area contributed by atoms with Crippen molar-refractivity contribution in [2.75, 3.05) is 11.5 Å². The fraction of sp³-hybridized carbons (Fsp3) is 0.235. The highest BCUT2D eigenvalue weighted by atomic mass is 79.9. The van der Waals surface area contributed by atoms with E-state index in [1.807, 2.05) is 24.3 Å². The minimum atomic E-state index is 0.0587. The number of halogens is 1. The van der Waals surface area contributed by atoms with Crippen LogP contribution in [0.4, 0.5) is 5.82 Å². The summed E-state index contributed by atoms with van der Waals surface area (Å²) >= 11 is 6.42.